The zero-order chi connectivity index (χ0) is 27.7. The number of nitro groups is 1. The molecule has 0 saturated heterocycles. The number of non-ortho nitro benzene ring substituents is 1. The second-order valence-corrected chi connectivity index (χ2v) is 9.92. The fourth-order valence-corrected chi connectivity index (χ4v) is 5.24. The van der Waals surface area contributed by atoms with Crippen molar-refractivity contribution in [3.63, 3.8) is 0 Å². The number of fused-ring (bicyclic) bond motifs is 1. The third kappa shape index (κ3) is 5.49. The van der Waals surface area contributed by atoms with Gasteiger partial charge in [0, 0.05) is 32.8 Å². The van der Waals surface area contributed by atoms with Gasteiger partial charge in [0.25, 0.3) is 5.69 Å². The highest BCUT2D eigenvalue weighted by atomic mass is 35.5. The Labute approximate surface area is 235 Å². The summed E-state index contributed by atoms with van der Waals surface area (Å²) < 4.78 is 17.0. The van der Waals surface area contributed by atoms with Crippen LogP contribution in [0.25, 0.3) is 16.2 Å². The van der Waals surface area contributed by atoms with E-state index in [1.165, 1.54) is 30.3 Å². The summed E-state index contributed by atoms with van der Waals surface area (Å²) in [6.07, 6.45) is 1.52. The smallest absolute Gasteiger partial charge is 0.363 e. The van der Waals surface area contributed by atoms with Gasteiger partial charge in [-0.15, -0.1) is 11.3 Å². The van der Waals surface area contributed by atoms with Crippen LogP contribution in [0.1, 0.15) is 27.7 Å². The van der Waals surface area contributed by atoms with Crippen molar-refractivity contribution in [1.29, 1.82) is 0 Å². The van der Waals surface area contributed by atoms with Crippen LogP contribution >= 0.6 is 34.5 Å². The first-order valence-corrected chi connectivity index (χ1v) is 12.9. The van der Waals surface area contributed by atoms with Gasteiger partial charge >= 0.3 is 11.9 Å². The zero-order valence-electron chi connectivity index (χ0n) is 20.0. The van der Waals surface area contributed by atoms with Crippen LogP contribution in [-0.2, 0) is 9.53 Å². The van der Waals surface area contributed by atoms with Crippen molar-refractivity contribution in [1.82, 2.24) is 0 Å². The van der Waals surface area contributed by atoms with Crippen molar-refractivity contribution in [2.75, 3.05) is 6.61 Å². The molecule has 0 spiro atoms. The van der Waals surface area contributed by atoms with E-state index in [0.29, 0.717) is 26.2 Å². The fraction of sp³-hybridized carbons (Fsp3) is 0.0741. The molecule has 2 heterocycles. The number of rotatable bonds is 7. The van der Waals surface area contributed by atoms with E-state index in [0.717, 1.165) is 11.3 Å². The van der Waals surface area contributed by atoms with Crippen molar-refractivity contribution in [2.24, 2.45) is 4.99 Å². The number of ether oxygens (including phenoxy) is 3. The van der Waals surface area contributed by atoms with E-state index in [-0.39, 0.29) is 45.3 Å². The molecule has 12 heteroatoms. The van der Waals surface area contributed by atoms with E-state index >= 15 is 0 Å². The number of carbonyl (C=O) groups is 2. The monoisotopic (exact) mass is 582 g/mol. The summed E-state index contributed by atoms with van der Waals surface area (Å²) in [5, 5.41) is 12.3. The van der Waals surface area contributed by atoms with E-state index in [4.69, 9.17) is 37.4 Å². The number of hydrogen-bond acceptors (Lipinski definition) is 9. The topological polar surface area (TPSA) is 117 Å². The average molecular weight is 583 g/mol. The van der Waals surface area contributed by atoms with Crippen LogP contribution in [0.15, 0.2) is 71.4 Å². The fourth-order valence-electron chi connectivity index (χ4n) is 3.69. The van der Waals surface area contributed by atoms with Crippen LogP contribution in [0.2, 0.25) is 10.0 Å². The molecule has 0 radical (unpaired) electrons. The van der Waals surface area contributed by atoms with Crippen molar-refractivity contribution in [2.45, 2.75) is 6.92 Å². The summed E-state index contributed by atoms with van der Waals surface area (Å²) in [6, 6.07) is 15.6. The molecule has 0 fully saturated rings. The SMILES string of the molecule is CCOc1cc(/C=C2/N=C(c3ccc(Cl)cc3)OC2=O)ccc1OC(=O)c1sc2cc([N+](=O)[O-])ccc2c1Cl. The summed E-state index contributed by atoms with van der Waals surface area (Å²) >= 11 is 13.3. The normalized spacial score (nSPS) is 13.9. The summed E-state index contributed by atoms with van der Waals surface area (Å²) in [7, 11) is 0. The van der Waals surface area contributed by atoms with E-state index in [1.807, 2.05) is 0 Å². The van der Waals surface area contributed by atoms with Gasteiger partial charge in [0.15, 0.2) is 17.2 Å². The van der Waals surface area contributed by atoms with E-state index in [9.17, 15) is 19.7 Å². The minimum Gasteiger partial charge on any atom is -0.490 e. The van der Waals surface area contributed by atoms with Gasteiger partial charge < -0.3 is 14.2 Å². The molecular formula is C27H16Cl2N2O7S. The number of thiophene rings is 1. The van der Waals surface area contributed by atoms with Crippen molar-refractivity contribution in [3.8, 4) is 11.5 Å². The van der Waals surface area contributed by atoms with Crippen LogP contribution in [0.4, 0.5) is 5.69 Å². The molecule has 4 aromatic rings. The third-order valence-electron chi connectivity index (χ3n) is 5.49. The van der Waals surface area contributed by atoms with Gasteiger partial charge in [-0.3, -0.25) is 10.1 Å². The Kier molecular flexibility index (Phi) is 7.34. The Morgan fingerprint density at radius 3 is 2.59 bits per heavy atom. The van der Waals surface area contributed by atoms with Gasteiger partial charge in [0.05, 0.1) is 16.6 Å². The lowest BCUT2D eigenvalue weighted by molar-refractivity contribution is -0.384. The van der Waals surface area contributed by atoms with Crippen LogP contribution in [0.5, 0.6) is 11.5 Å². The maximum absolute atomic E-state index is 13.0. The molecule has 9 nitrogen and oxygen atoms in total. The van der Waals surface area contributed by atoms with Gasteiger partial charge in [-0.25, -0.2) is 14.6 Å². The number of benzene rings is 3. The van der Waals surface area contributed by atoms with Gasteiger partial charge in [0.2, 0.25) is 5.90 Å². The number of esters is 2. The number of carbonyl (C=O) groups excluding carboxylic acids is 2. The summed E-state index contributed by atoms with van der Waals surface area (Å²) in [4.78, 5) is 40.3. The first-order chi connectivity index (χ1) is 18.7. The van der Waals surface area contributed by atoms with E-state index in [1.54, 1.807) is 43.3 Å². The highest BCUT2D eigenvalue weighted by Gasteiger charge is 2.25. The molecule has 1 aliphatic heterocycles. The largest absolute Gasteiger partial charge is 0.490 e. The highest BCUT2D eigenvalue weighted by Crippen LogP contribution is 2.39. The molecule has 1 aliphatic rings. The molecule has 0 unspecified atom stereocenters. The number of halogens is 2. The van der Waals surface area contributed by atoms with Crippen molar-refractivity contribution >= 4 is 74.2 Å². The lowest BCUT2D eigenvalue weighted by atomic mass is 10.1. The Morgan fingerprint density at radius 2 is 1.87 bits per heavy atom. The second-order valence-electron chi connectivity index (χ2n) is 8.05. The number of nitrogens with zero attached hydrogens (tertiary/aromatic N) is 2. The maximum atomic E-state index is 13.0. The van der Waals surface area contributed by atoms with Gasteiger partial charge in [-0.2, -0.15) is 0 Å². The molecule has 3 aromatic carbocycles. The van der Waals surface area contributed by atoms with Crippen molar-refractivity contribution in [3.05, 3.63) is 103 Å². The van der Waals surface area contributed by atoms with Crippen LogP contribution in [0.3, 0.4) is 0 Å². The molecule has 5 rings (SSSR count). The van der Waals surface area contributed by atoms with E-state index in [2.05, 4.69) is 4.99 Å². The first-order valence-electron chi connectivity index (χ1n) is 11.4. The first kappa shape index (κ1) is 26.4. The van der Waals surface area contributed by atoms with Crippen LogP contribution in [0, 0.1) is 10.1 Å². The Morgan fingerprint density at radius 1 is 1.10 bits per heavy atom. The molecule has 0 amide bonds. The van der Waals surface area contributed by atoms with Gasteiger partial charge in [0.1, 0.15) is 4.88 Å². The predicted octanol–water partition coefficient (Wildman–Crippen LogP) is 7.08. The second kappa shape index (κ2) is 10.9. The Hall–Kier alpha value is -4.25. The maximum Gasteiger partial charge on any atom is 0.363 e. The number of cyclic esters (lactones) is 1. The zero-order valence-corrected chi connectivity index (χ0v) is 22.3. The van der Waals surface area contributed by atoms with Crippen LogP contribution < -0.4 is 9.47 Å². The molecular weight excluding hydrogens is 567 g/mol. The molecule has 1 aromatic heterocycles. The summed E-state index contributed by atoms with van der Waals surface area (Å²) in [5.41, 5.74) is 1.12. The lowest BCUT2D eigenvalue weighted by Gasteiger charge is -2.11. The summed E-state index contributed by atoms with van der Waals surface area (Å²) in [6.45, 7) is 2.04. The molecule has 0 saturated carbocycles. The van der Waals surface area contributed by atoms with E-state index < -0.39 is 16.9 Å². The number of nitro benzene ring substituents is 1. The molecule has 0 N–H and O–H groups in total. The summed E-state index contributed by atoms with van der Waals surface area (Å²) in [5.74, 6) is -0.825. The minimum atomic E-state index is -0.743. The predicted molar refractivity (Wildman–Crippen MR) is 148 cm³/mol. The third-order valence-corrected chi connectivity index (χ3v) is 7.38. The Bertz CT molecular complexity index is 1710. The lowest BCUT2D eigenvalue weighted by Crippen LogP contribution is -2.08. The number of hydrogen-bond donors (Lipinski definition) is 0. The molecule has 0 bridgehead atoms. The minimum absolute atomic E-state index is 0.0818. The quantitative estimate of drug-likeness (QED) is 0.0750. The molecule has 0 aliphatic carbocycles. The number of aliphatic imine (C=N–C) groups is 1. The van der Waals surface area contributed by atoms with Gasteiger partial charge in [-0.1, -0.05) is 29.3 Å². The van der Waals surface area contributed by atoms with Crippen LogP contribution in [-0.4, -0.2) is 29.4 Å². The molecule has 39 heavy (non-hydrogen) atoms. The molecule has 196 valence electrons. The highest BCUT2D eigenvalue weighted by molar-refractivity contribution is 7.21. The Balaban J connectivity index is 1.41. The molecule has 0 atom stereocenters. The standard InChI is InChI=1S/C27H16Cl2N2O7S/c1-2-36-21-12-14(11-19-26(32)38-25(30-19)15-4-6-16(28)7-5-15)3-10-20(21)37-27(33)24-23(29)18-9-8-17(31(34)35)13-22(18)39-24/h3-13H,2H2,1H3/b19-11+. The van der Waals surface area contributed by atoms with Gasteiger partial charge in [-0.05, 0) is 61.0 Å². The van der Waals surface area contributed by atoms with Crippen molar-refractivity contribution < 1.29 is 28.7 Å². The average Bonchev–Trinajstić information content (AvgIpc) is 3.45.